The monoisotopic (exact) mass is 357 g/mol. The lowest BCUT2D eigenvalue weighted by Gasteiger charge is -2.15. The lowest BCUT2D eigenvalue weighted by Crippen LogP contribution is -2.11. The fourth-order valence-electron chi connectivity index (χ4n) is 3.05. The maximum atomic E-state index is 14.5. The third kappa shape index (κ3) is 6.44. The van der Waals surface area contributed by atoms with E-state index < -0.39 is 0 Å². The highest BCUT2D eigenvalue weighted by atomic mass is 19.1. The van der Waals surface area contributed by atoms with Gasteiger partial charge in [-0.3, -0.25) is 4.98 Å². The molecule has 142 valence electrons. The highest BCUT2D eigenvalue weighted by Crippen LogP contribution is 2.26. The van der Waals surface area contributed by atoms with Gasteiger partial charge in [-0.15, -0.1) is 0 Å². The Labute approximate surface area is 157 Å². The van der Waals surface area contributed by atoms with Gasteiger partial charge < -0.3 is 4.74 Å². The van der Waals surface area contributed by atoms with Gasteiger partial charge in [-0.25, -0.2) is 4.39 Å². The van der Waals surface area contributed by atoms with E-state index in [-0.39, 0.29) is 11.9 Å². The summed E-state index contributed by atoms with van der Waals surface area (Å²) in [4.78, 5) is 4.46. The second kappa shape index (κ2) is 10.9. The van der Waals surface area contributed by atoms with Gasteiger partial charge in [0.1, 0.15) is 11.6 Å². The van der Waals surface area contributed by atoms with Gasteiger partial charge in [0.15, 0.2) is 0 Å². The number of nitrogens with zero attached hydrogens (tertiary/aromatic N) is 1. The molecule has 0 bridgehead atoms. The average Bonchev–Trinajstić information content (AvgIpc) is 2.64. The Hall–Kier alpha value is -1.90. The molecule has 2 rings (SSSR count). The summed E-state index contributed by atoms with van der Waals surface area (Å²) in [5.41, 5.74) is 2.41. The van der Waals surface area contributed by atoms with Gasteiger partial charge in [0.05, 0.1) is 11.8 Å². The van der Waals surface area contributed by atoms with Crippen LogP contribution in [0.25, 0.3) is 11.3 Å². The van der Waals surface area contributed by atoms with Crippen LogP contribution in [0.1, 0.15) is 71.3 Å². The van der Waals surface area contributed by atoms with E-state index in [2.05, 4.69) is 24.9 Å². The van der Waals surface area contributed by atoms with Gasteiger partial charge in [-0.05, 0) is 49.9 Å². The molecule has 0 unspecified atom stereocenters. The molecule has 1 heterocycles. The van der Waals surface area contributed by atoms with Crippen molar-refractivity contribution in [3.8, 4) is 17.0 Å². The standard InChI is InChI=1S/C23H32FNO/c1-4-6-8-9-11-19-12-15-23(25-17-19)21-14-13-20(16-22(21)24)26-18(3)10-7-5-2/h12-18H,4-11H2,1-3H3/t18-/m0/s1. The second-order valence-corrected chi connectivity index (χ2v) is 7.07. The fourth-order valence-corrected chi connectivity index (χ4v) is 3.05. The molecule has 26 heavy (non-hydrogen) atoms. The molecule has 0 aliphatic heterocycles. The average molecular weight is 358 g/mol. The molecule has 3 heteroatoms. The number of ether oxygens (including phenoxy) is 1. The predicted octanol–water partition coefficient (Wildman–Crippen LogP) is 6.97. The Morgan fingerprint density at radius 3 is 2.46 bits per heavy atom. The summed E-state index contributed by atoms with van der Waals surface area (Å²) in [6.45, 7) is 6.40. The molecular formula is C23H32FNO. The minimum absolute atomic E-state index is 0.102. The molecule has 0 fully saturated rings. The van der Waals surface area contributed by atoms with Crippen LogP contribution in [0.2, 0.25) is 0 Å². The number of unbranched alkanes of at least 4 members (excludes halogenated alkanes) is 4. The summed E-state index contributed by atoms with van der Waals surface area (Å²) >= 11 is 0. The van der Waals surface area contributed by atoms with Gasteiger partial charge in [0.2, 0.25) is 0 Å². The van der Waals surface area contributed by atoms with E-state index in [0.29, 0.717) is 17.0 Å². The molecule has 0 N–H and O–H groups in total. The summed E-state index contributed by atoms with van der Waals surface area (Å²) in [6, 6.07) is 9.04. The SMILES string of the molecule is CCCCCCc1ccc(-c2ccc(O[C@@H](C)CCCC)cc2F)nc1. The van der Waals surface area contributed by atoms with Crippen molar-refractivity contribution < 1.29 is 9.13 Å². The van der Waals surface area contributed by atoms with Crippen molar-refractivity contribution in [1.29, 1.82) is 0 Å². The van der Waals surface area contributed by atoms with Crippen LogP contribution >= 0.6 is 0 Å². The quantitative estimate of drug-likeness (QED) is 0.405. The van der Waals surface area contributed by atoms with E-state index >= 15 is 0 Å². The van der Waals surface area contributed by atoms with Crippen molar-refractivity contribution in [3.05, 3.63) is 47.9 Å². The first-order chi connectivity index (χ1) is 12.6. The van der Waals surface area contributed by atoms with E-state index in [9.17, 15) is 4.39 Å². The summed E-state index contributed by atoms with van der Waals surface area (Å²) in [7, 11) is 0. The molecule has 0 saturated heterocycles. The van der Waals surface area contributed by atoms with Crippen LogP contribution in [-0.4, -0.2) is 11.1 Å². The molecule has 1 aromatic heterocycles. The minimum atomic E-state index is -0.284. The summed E-state index contributed by atoms with van der Waals surface area (Å²) in [5.74, 6) is 0.302. The molecular weight excluding hydrogens is 325 g/mol. The molecule has 1 aromatic carbocycles. The van der Waals surface area contributed by atoms with Crippen LogP contribution in [0.15, 0.2) is 36.5 Å². The molecule has 0 aliphatic rings. The number of rotatable bonds is 11. The van der Waals surface area contributed by atoms with E-state index in [0.717, 1.165) is 25.7 Å². The Balaban J connectivity index is 1.98. The summed E-state index contributed by atoms with van der Waals surface area (Å²) < 4.78 is 20.3. The lowest BCUT2D eigenvalue weighted by molar-refractivity contribution is 0.206. The van der Waals surface area contributed by atoms with Crippen LogP contribution in [0, 0.1) is 5.82 Å². The minimum Gasteiger partial charge on any atom is -0.491 e. The first kappa shape index (κ1) is 20.4. The third-order valence-corrected chi connectivity index (χ3v) is 4.66. The maximum Gasteiger partial charge on any atom is 0.136 e. The predicted molar refractivity (Wildman–Crippen MR) is 107 cm³/mol. The topological polar surface area (TPSA) is 22.1 Å². The number of halogens is 1. The van der Waals surface area contributed by atoms with Crippen molar-refractivity contribution in [2.75, 3.05) is 0 Å². The fraction of sp³-hybridized carbons (Fsp3) is 0.522. The Bertz CT molecular complexity index is 654. The van der Waals surface area contributed by atoms with Crippen LogP contribution in [-0.2, 0) is 6.42 Å². The van der Waals surface area contributed by atoms with Crippen molar-refractivity contribution >= 4 is 0 Å². The van der Waals surface area contributed by atoms with Gasteiger partial charge in [-0.1, -0.05) is 52.0 Å². The zero-order valence-corrected chi connectivity index (χ0v) is 16.4. The lowest BCUT2D eigenvalue weighted by atomic mass is 10.1. The van der Waals surface area contributed by atoms with E-state index in [4.69, 9.17) is 4.74 Å². The highest BCUT2D eigenvalue weighted by Gasteiger charge is 2.10. The van der Waals surface area contributed by atoms with Crippen LogP contribution in [0.4, 0.5) is 4.39 Å². The smallest absolute Gasteiger partial charge is 0.136 e. The normalized spacial score (nSPS) is 12.2. The molecule has 1 atom stereocenters. The van der Waals surface area contributed by atoms with Crippen molar-refractivity contribution in [1.82, 2.24) is 4.98 Å². The molecule has 2 aromatic rings. The van der Waals surface area contributed by atoms with Crippen molar-refractivity contribution in [2.45, 2.75) is 78.2 Å². The highest BCUT2D eigenvalue weighted by molar-refractivity contribution is 5.61. The van der Waals surface area contributed by atoms with Crippen molar-refractivity contribution in [3.63, 3.8) is 0 Å². The molecule has 0 radical (unpaired) electrons. The summed E-state index contributed by atoms with van der Waals surface area (Å²) in [5, 5.41) is 0. The van der Waals surface area contributed by atoms with Crippen molar-refractivity contribution in [2.24, 2.45) is 0 Å². The zero-order chi connectivity index (χ0) is 18.8. The number of aryl methyl sites for hydroxylation is 1. The maximum absolute atomic E-state index is 14.5. The Morgan fingerprint density at radius 1 is 1.00 bits per heavy atom. The number of hydrogen-bond acceptors (Lipinski definition) is 2. The molecule has 0 spiro atoms. The zero-order valence-electron chi connectivity index (χ0n) is 16.4. The largest absolute Gasteiger partial charge is 0.491 e. The Kier molecular flexibility index (Phi) is 8.60. The van der Waals surface area contributed by atoms with E-state index in [1.807, 2.05) is 25.3 Å². The van der Waals surface area contributed by atoms with E-state index in [1.54, 1.807) is 6.07 Å². The molecule has 0 saturated carbocycles. The number of aromatic nitrogens is 1. The summed E-state index contributed by atoms with van der Waals surface area (Å²) in [6.07, 6.45) is 11.2. The van der Waals surface area contributed by atoms with Crippen LogP contribution in [0.3, 0.4) is 0 Å². The van der Waals surface area contributed by atoms with Crippen LogP contribution in [0.5, 0.6) is 5.75 Å². The first-order valence-corrected chi connectivity index (χ1v) is 10.1. The molecule has 0 amide bonds. The van der Waals surface area contributed by atoms with E-state index in [1.165, 1.54) is 37.3 Å². The van der Waals surface area contributed by atoms with Gasteiger partial charge in [-0.2, -0.15) is 0 Å². The number of hydrogen-bond donors (Lipinski definition) is 0. The Morgan fingerprint density at radius 2 is 1.81 bits per heavy atom. The third-order valence-electron chi connectivity index (χ3n) is 4.66. The first-order valence-electron chi connectivity index (χ1n) is 10.1. The number of benzene rings is 1. The number of pyridine rings is 1. The molecule has 0 aliphatic carbocycles. The second-order valence-electron chi connectivity index (χ2n) is 7.07. The van der Waals surface area contributed by atoms with Crippen LogP contribution < -0.4 is 4.74 Å². The van der Waals surface area contributed by atoms with Gasteiger partial charge in [0.25, 0.3) is 0 Å². The molecule has 2 nitrogen and oxygen atoms in total. The van der Waals surface area contributed by atoms with Gasteiger partial charge >= 0.3 is 0 Å². The van der Waals surface area contributed by atoms with Gasteiger partial charge in [0, 0.05) is 17.8 Å².